The molecular weight excluding hydrogens is 481 g/mol. The summed E-state index contributed by atoms with van der Waals surface area (Å²) in [6.07, 6.45) is 0.477. The van der Waals surface area contributed by atoms with Crippen LogP contribution in [0.4, 0.5) is 0 Å². The lowest BCUT2D eigenvalue weighted by molar-refractivity contribution is -0.136. The van der Waals surface area contributed by atoms with Gasteiger partial charge < -0.3 is 14.6 Å². The smallest absolute Gasteiger partial charge is 0.303 e. The quantitative estimate of drug-likeness (QED) is 0.254. The van der Waals surface area contributed by atoms with Crippen molar-refractivity contribution < 1.29 is 19.4 Å². The maximum atomic E-state index is 10.6. The SMILES string of the molecule is O=C(O)CCc1ccc(O[14CH2]CSCCOC(c2ccc(Cl)cc2)c2ccc(Cl)cc2)cc1. The summed E-state index contributed by atoms with van der Waals surface area (Å²) in [6, 6.07) is 23.0. The molecule has 0 radical (unpaired) electrons. The molecule has 0 fully saturated rings. The lowest BCUT2D eigenvalue weighted by Crippen LogP contribution is -2.09. The maximum absolute atomic E-state index is 10.6. The molecule has 0 aliphatic heterocycles. The van der Waals surface area contributed by atoms with Gasteiger partial charge in [0, 0.05) is 28.0 Å². The van der Waals surface area contributed by atoms with Crippen molar-refractivity contribution in [3.63, 3.8) is 0 Å². The molecule has 3 rings (SSSR count). The van der Waals surface area contributed by atoms with Gasteiger partial charge in [-0.15, -0.1) is 0 Å². The Kier molecular flexibility index (Phi) is 10.4. The van der Waals surface area contributed by atoms with Crippen LogP contribution in [0.2, 0.25) is 10.0 Å². The van der Waals surface area contributed by atoms with E-state index in [2.05, 4.69) is 0 Å². The molecule has 0 unspecified atom stereocenters. The highest BCUT2D eigenvalue weighted by atomic mass is 35.5. The zero-order valence-corrected chi connectivity index (χ0v) is 20.4. The number of benzene rings is 3. The standard InChI is InChI=1S/C26H26Cl2O4S/c27-22-8-4-20(5-9-22)26(21-6-10-23(28)11-7-21)32-16-18-33-17-15-31-24-12-1-19(2-13-24)3-14-25(29)30/h1-2,4-13,26H,3,14-18H2,(H,29,30)/i15+2. The molecule has 0 aliphatic rings. The molecule has 174 valence electrons. The highest BCUT2D eigenvalue weighted by Gasteiger charge is 2.15. The van der Waals surface area contributed by atoms with Gasteiger partial charge in [-0.2, -0.15) is 11.8 Å². The van der Waals surface area contributed by atoms with E-state index in [1.165, 1.54) is 0 Å². The van der Waals surface area contributed by atoms with Crippen LogP contribution >= 0.6 is 35.0 Å². The first kappa shape index (κ1) is 25.4. The number of carboxylic acids is 1. The van der Waals surface area contributed by atoms with Crippen LogP contribution in [0.25, 0.3) is 0 Å². The zero-order chi connectivity index (χ0) is 23.5. The van der Waals surface area contributed by atoms with Gasteiger partial charge in [-0.3, -0.25) is 4.79 Å². The van der Waals surface area contributed by atoms with E-state index < -0.39 is 5.97 Å². The minimum absolute atomic E-state index is 0.135. The molecule has 0 atom stereocenters. The van der Waals surface area contributed by atoms with Crippen LogP contribution in [0.3, 0.4) is 0 Å². The third-order valence-corrected chi connectivity index (χ3v) is 6.32. The first-order valence-corrected chi connectivity index (χ1v) is 12.6. The Bertz CT molecular complexity index is 947. The summed E-state index contributed by atoms with van der Waals surface area (Å²) >= 11 is 13.8. The normalized spacial score (nSPS) is 11.0. The number of halogens is 2. The van der Waals surface area contributed by atoms with E-state index in [4.69, 9.17) is 37.8 Å². The van der Waals surface area contributed by atoms with Crippen LogP contribution in [0, 0.1) is 0 Å². The maximum Gasteiger partial charge on any atom is 0.303 e. The van der Waals surface area contributed by atoms with Crippen molar-refractivity contribution in [1.29, 1.82) is 0 Å². The molecule has 0 saturated carbocycles. The van der Waals surface area contributed by atoms with Gasteiger partial charge in [0.1, 0.15) is 11.9 Å². The minimum Gasteiger partial charge on any atom is -0.493 e. The monoisotopic (exact) mass is 506 g/mol. The second-order valence-electron chi connectivity index (χ2n) is 7.35. The van der Waals surface area contributed by atoms with Crippen LogP contribution in [0.5, 0.6) is 5.75 Å². The molecular formula is C26H26Cl2O4S. The fraction of sp³-hybridized carbons (Fsp3) is 0.269. The third kappa shape index (κ3) is 8.94. The Hall–Kier alpha value is -2.18. The van der Waals surface area contributed by atoms with Crippen LogP contribution in [0.1, 0.15) is 29.2 Å². The lowest BCUT2D eigenvalue weighted by atomic mass is 10.0. The molecule has 0 bridgehead atoms. The summed E-state index contributed by atoms with van der Waals surface area (Å²) < 4.78 is 12.0. The third-order valence-electron chi connectivity index (χ3n) is 4.90. The summed E-state index contributed by atoms with van der Waals surface area (Å²) in [6.45, 7) is 1.19. The molecule has 3 aromatic carbocycles. The van der Waals surface area contributed by atoms with Gasteiger partial charge in [-0.1, -0.05) is 59.6 Å². The van der Waals surface area contributed by atoms with Crippen molar-refractivity contribution in [3.05, 3.63) is 99.5 Å². The summed E-state index contributed by atoms with van der Waals surface area (Å²) in [5, 5.41) is 10.1. The number of rotatable bonds is 13. The molecule has 0 heterocycles. The van der Waals surface area contributed by atoms with Gasteiger partial charge >= 0.3 is 5.97 Å². The van der Waals surface area contributed by atoms with E-state index >= 15 is 0 Å². The molecule has 0 saturated heterocycles. The van der Waals surface area contributed by atoms with Crippen LogP contribution < -0.4 is 4.74 Å². The Labute approximate surface area is 208 Å². The Morgan fingerprint density at radius 3 is 2.03 bits per heavy atom. The first-order chi connectivity index (χ1) is 16.0. The predicted molar refractivity (Wildman–Crippen MR) is 136 cm³/mol. The van der Waals surface area contributed by atoms with E-state index in [-0.39, 0.29) is 12.5 Å². The number of thioether (sulfide) groups is 1. The summed E-state index contributed by atoms with van der Waals surface area (Å²) in [5.74, 6) is 1.69. The molecule has 0 spiro atoms. The second-order valence-corrected chi connectivity index (χ2v) is 9.45. The number of carboxylic acid groups (broad SMARTS) is 1. The fourth-order valence-corrected chi connectivity index (χ4v) is 4.08. The Balaban J connectivity index is 1.40. The number of ether oxygens (including phenoxy) is 2. The Morgan fingerprint density at radius 1 is 0.909 bits per heavy atom. The van der Waals surface area contributed by atoms with Crippen molar-refractivity contribution in [1.82, 2.24) is 0 Å². The summed E-state index contributed by atoms with van der Waals surface area (Å²) in [7, 11) is 0. The highest BCUT2D eigenvalue weighted by Crippen LogP contribution is 2.28. The van der Waals surface area contributed by atoms with Crippen LogP contribution in [0.15, 0.2) is 72.8 Å². The number of aliphatic carboxylic acids is 1. The number of carbonyl (C=O) groups is 1. The topological polar surface area (TPSA) is 55.8 Å². The summed E-state index contributed by atoms with van der Waals surface area (Å²) in [4.78, 5) is 10.6. The largest absolute Gasteiger partial charge is 0.493 e. The average molecular weight is 507 g/mol. The van der Waals surface area contributed by atoms with Gasteiger partial charge in [-0.05, 0) is 59.5 Å². The van der Waals surface area contributed by atoms with E-state index in [0.717, 1.165) is 33.9 Å². The van der Waals surface area contributed by atoms with E-state index in [1.54, 1.807) is 11.8 Å². The van der Waals surface area contributed by atoms with Crippen molar-refractivity contribution in [2.45, 2.75) is 18.9 Å². The van der Waals surface area contributed by atoms with Gasteiger partial charge in [0.05, 0.1) is 13.2 Å². The minimum atomic E-state index is -0.788. The van der Waals surface area contributed by atoms with Gasteiger partial charge in [0.25, 0.3) is 0 Å². The predicted octanol–water partition coefficient (Wildman–Crippen LogP) is 6.93. The summed E-state index contributed by atoms with van der Waals surface area (Å²) in [5.41, 5.74) is 3.08. The van der Waals surface area contributed by atoms with Crippen LogP contribution in [-0.2, 0) is 16.0 Å². The average Bonchev–Trinajstić information content (AvgIpc) is 2.82. The van der Waals surface area contributed by atoms with E-state index in [9.17, 15) is 4.79 Å². The molecule has 0 amide bonds. The second kappa shape index (κ2) is 13.5. The molecule has 4 nitrogen and oxygen atoms in total. The fourth-order valence-electron chi connectivity index (χ4n) is 3.21. The van der Waals surface area contributed by atoms with Crippen molar-refractivity contribution in [2.24, 2.45) is 0 Å². The van der Waals surface area contributed by atoms with Gasteiger partial charge in [-0.25, -0.2) is 0 Å². The lowest BCUT2D eigenvalue weighted by Gasteiger charge is -2.19. The zero-order valence-electron chi connectivity index (χ0n) is 18.1. The molecule has 0 aromatic heterocycles. The van der Waals surface area contributed by atoms with E-state index in [1.807, 2.05) is 72.8 Å². The van der Waals surface area contributed by atoms with Crippen molar-refractivity contribution in [2.75, 3.05) is 24.7 Å². The number of aryl methyl sites for hydroxylation is 1. The molecule has 0 aliphatic carbocycles. The number of hydrogen-bond donors (Lipinski definition) is 1. The highest BCUT2D eigenvalue weighted by molar-refractivity contribution is 7.99. The molecule has 3 aromatic rings. The van der Waals surface area contributed by atoms with Crippen LogP contribution in [-0.4, -0.2) is 35.8 Å². The molecule has 7 heteroatoms. The molecule has 1 N–H and O–H groups in total. The Morgan fingerprint density at radius 2 is 1.48 bits per heavy atom. The molecule has 33 heavy (non-hydrogen) atoms. The van der Waals surface area contributed by atoms with Gasteiger partial charge in [0.2, 0.25) is 0 Å². The van der Waals surface area contributed by atoms with Crippen molar-refractivity contribution in [3.8, 4) is 5.75 Å². The van der Waals surface area contributed by atoms with Crippen molar-refractivity contribution >= 4 is 40.9 Å². The van der Waals surface area contributed by atoms with E-state index in [0.29, 0.717) is 29.7 Å². The first-order valence-electron chi connectivity index (χ1n) is 10.6. The van der Waals surface area contributed by atoms with Gasteiger partial charge in [0.15, 0.2) is 0 Å². The number of hydrogen-bond acceptors (Lipinski definition) is 4.